The molecule has 0 nitrogen and oxygen atoms in total. The van der Waals surface area contributed by atoms with Crippen molar-refractivity contribution >= 4 is 43.8 Å². The van der Waals surface area contributed by atoms with E-state index < -0.39 is 0 Å². The Morgan fingerprint density at radius 1 is 0.867 bits per heavy atom. The SMILES string of the molecule is C[Si](C)CCC[Si]CCC[Si]CCCBr. The van der Waals surface area contributed by atoms with Crippen LogP contribution < -0.4 is 0 Å². The van der Waals surface area contributed by atoms with E-state index in [0.29, 0.717) is 0 Å². The third kappa shape index (κ3) is 15.1. The van der Waals surface area contributed by atoms with Crippen LogP contribution in [0.3, 0.4) is 0 Å². The van der Waals surface area contributed by atoms with Crippen LogP contribution in [-0.2, 0) is 0 Å². The molecule has 0 heterocycles. The predicted molar refractivity (Wildman–Crippen MR) is 80.7 cm³/mol. The maximum atomic E-state index is 3.48. The van der Waals surface area contributed by atoms with Gasteiger partial charge in [-0.2, -0.15) is 0 Å². The molecule has 4 heteroatoms. The molecule has 0 bridgehead atoms. The summed E-state index contributed by atoms with van der Waals surface area (Å²) in [6, 6.07) is 7.50. The molecule has 0 aromatic rings. The van der Waals surface area contributed by atoms with E-state index in [0.717, 1.165) is 0 Å². The first-order valence-electron chi connectivity index (χ1n) is 6.04. The number of halogens is 1. The van der Waals surface area contributed by atoms with Crippen LogP contribution in [0.4, 0.5) is 0 Å². The van der Waals surface area contributed by atoms with Gasteiger partial charge in [0.15, 0.2) is 0 Å². The first-order chi connectivity index (χ1) is 7.27. The molecule has 5 radical (unpaired) electrons. The molecule has 0 aliphatic rings. The molecule has 0 fully saturated rings. The molecular formula is C11H24BrSi3. The summed E-state index contributed by atoms with van der Waals surface area (Å²) < 4.78 is 0. The van der Waals surface area contributed by atoms with Crippen LogP contribution in [0.2, 0.25) is 43.3 Å². The molecule has 0 saturated heterocycles. The standard InChI is InChI=1S/C11H24BrSi3/c1-15(2)11-5-10-14-9-4-8-13-7-3-6-12/h3-11H2,1-2H3. The largest absolute Gasteiger partial charge is 0.0928 e. The Balaban J connectivity index is 2.87. The van der Waals surface area contributed by atoms with Crippen molar-refractivity contribution in [3.8, 4) is 0 Å². The highest BCUT2D eigenvalue weighted by molar-refractivity contribution is 9.09. The van der Waals surface area contributed by atoms with Gasteiger partial charge in [0.2, 0.25) is 0 Å². The van der Waals surface area contributed by atoms with Crippen molar-refractivity contribution in [2.45, 2.75) is 62.6 Å². The molecule has 0 unspecified atom stereocenters. The molecule has 0 amide bonds. The summed E-state index contributed by atoms with van der Waals surface area (Å²) in [5.74, 6) is 0. The summed E-state index contributed by atoms with van der Waals surface area (Å²) in [6.45, 7) is 4.86. The molecule has 0 aromatic heterocycles. The number of rotatable bonds is 11. The maximum absolute atomic E-state index is 3.48. The molecule has 0 saturated carbocycles. The number of hydrogen-bond acceptors (Lipinski definition) is 0. The van der Waals surface area contributed by atoms with Crippen LogP contribution in [0, 0.1) is 0 Å². The first kappa shape index (κ1) is 16.1. The van der Waals surface area contributed by atoms with E-state index in [1.54, 1.807) is 0 Å². The minimum absolute atomic E-state index is 0.0596. The lowest BCUT2D eigenvalue weighted by molar-refractivity contribution is 0.999. The third-order valence-corrected chi connectivity index (χ3v) is 6.97. The van der Waals surface area contributed by atoms with E-state index in [2.05, 4.69) is 29.0 Å². The lowest BCUT2D eigenvalue weighted by atomic mass is 10.5. The van der Waals surface area contributed by atoms with Gasteiger partial charge < -0.3 is 0 Å². The molecule has 0 aliphatic carbocycles. The molecular weight excluding hydrogens is 296 g/mol. The van der Waals surface area contributed by atoms with Gasteiger partial charge in [0.05, 0.1) is 0 Å². The molecule has 0 aliphatic heterocycles. The fourth-order valence-corrected chi connectivity index (χ4v) is 5.94. The second-order valence-corrected chi connectivity index (χ2v) is 10.9. The highest BCUT2D eigenvalue weighted by Crippen LogP contribution is 2.06. The average Bonchev–Trinajstić information content (AvgIpc) is 2.20. The van der Waals surface area contributed by atoms with Gasteiger partial charge in [-0.15, -0.1) is 0 Å². The molecule has 0 atom stereocenters. The maximum Gasteiger partial charge on any atom is 0.0412 e. The molecule has 87 valence electrons. The van der Waals surface area contributed by atoms with Gasteiger partial charge in [0.25, 0.3) is 0 Å². The second kappa shape index (κ2) is 13.2. The van der Waals surface area contributed by atoms with Gasteiger partial charge in [-0.1, -0.05) is 72.1 Å². The summed E-state index contributed by atoms with van der Waals surface area (Å²) >= 11 is 3.48. The number of alkyl halides is 1. The van der Waals surface area contributed by atoms with Gasteiger partial charge >= 0.3 is 0 Å². The fraction of sp³-hybridized carbons (Fsp3) is 1.00. The zero-order chi connectivity index (χ0) is 11.4. The van der Waals surface area contributed by atoms with Crippen molar-refractivity contribution < 1.29 is 0 Å². The zero-order valence-corrected chi connectivity index (χ0v) is 14.8. The summed E-state index contributed by atoms with van der Waals surface area (Å²) in [6.07, 6.45) is 4.37. The van der Waals surface area contributed by atoms with Crippen molar-refractivity contribution in [2.24, 2.45) is 0 Å². The molecule has 0 aromatic carbocycles. The van der Waals surface area contributed by atoms with E-state index in [4.69, 9.17) is 0 Å². The smallest absolute Gasteiger partial charge is 0.0412 e. The van der Waals surface area contributed by atoms with Crippen molar-refractivity contribution in [1.82, 2.24) is 0 Å². The molecule has 15 heavy (non-hydrogen) atoms. The van der Waals surface area contributed by atoms with Crippen LogP contribution in [0.15, 0.2) is 0 Å². The van der Waals surface area contributed by atoms with Gasteiger partial charge in [-0.05, 0) is 6.42 Å². The lowest BCUT2D eigenvalue weighted by Gasteiger charge is -2.02. The summed E-state index contributed by atoms with van der Waals surface area (Å²) in [4.78, 5) is 0. The van der Waals surface area contributed by atoms with Crippen LogP contribution >= 0.6 is 15.9 Å². The van der Waals surface area contributed by atoms with Crippen LogP contribution in [0.25, 0.3) is 0 Å². The van der Waals surface area contributed by atoms with Crippen molar-refractivity contribution in [3.63, 3.8) is 0 Å². The van der Waals surface area contributed by atoms with E-state index in [1.165, 1.54) is 73.9 Å². The van der Waals surface area contributed by atoms with E-state index in [1.807, 2.05) is 0 Å². The van der Waals surface area contributed by atoms with Crippen LogP contribution in [0.5, 0.6) is 0 Å². The van der Waals surface area contributed by atoms with Crippen LogP contribution in [0.1, 0.15) is 19.3 Å². The Hall–Kier alpha value is 1.13. The summed E-state index contributed by atoms with van der Waals surface area (Å²) in [5, 5.41) is 1.19. The monoisotopic (exact) mass is 319 g/mol. The van der Waals surface area contributed by atoms with Crippen molar-refractivity contribution in [3.05, 3.63) is 0 Å². The summed E-state index contributed by atoms with van der Waals surface area (Å²) in [7, 11) is 2.54. The Kier molecular flexibility index (Phi) is 14.2. The fourth-order valence-electron chi connectivity index (χ4n) is 1.35. The van der Waals surface area contributed by atoms with Crippen molar-refractivity contribution in [1.29, 1.82) is 0 Å². The van der Waals surface area contributed by atoms with Gasteiger partial charge in [-0.3, -0.25) is 0 Å². The first-order valence-corrected chi connectivity index (χ1v) is 12.7. The normalized spacial score (nSPS) is 11.2. The predicted octanol–water partition coefficient (Wildman–Crippen LogP) is 4.39. The summed E-state index contributed by atoms with van der Waals surface area (Å²) in [5.41, 5.74) is 0. The Morgan fingerprint density at radius 2 is 1.40 bits per heavy atom. The molecule has 0 rings (SSSR count). The third-order valence-electron chi connectivity index (χ3n) is 2.22. The average molecular weight is 320 g/mol. The lowest BCUT2D eigenvalue weighted by Crippen LogP contribution is -1.99. The molecule has 0 spiro atoms. The Bertz CT molecular complexity index is 120. The van der Waals surface area contributed by atoms with E-state index in [9.17, 15) is 0 Å². The topological polar surface area (TPSA) is 0 Å². The van der Waals surface area contributed by atoms with Gasteiger partial charge in [0.1, 0.15) is 0 Å². The Labute approximate surface area is 111 Å². The van der Waals surface area contributed by atoms with E-state index in [-0.39, 0.29) is 8.80 Å². The van der Waals surface area contributed by atoms with Crippen LogP contribution in [-0.4, -0.2) is 33.2 Å². The zero-order valence-electron chi connectivity index (χ0n) is 10.2. The molecule has 0 N–H and O–H groups in total. The van der Waals surface area contributed by atoms with Crippen molar-refractivity contribution in [2.75, 3.05) is 5.33 Å². The minimum atomic E-state index is 0.0596. The highest BCUT2D eigenvalue weighted by atomic mass is 79.9. The number of hydrogen-bond donors (Lipinski definition) is 0. The van der Waals surface area contributed by atoms with Gasteiger partial charge in [-0.25, -0.2) is 0 Å². The Morgan fingerprint density at radius 3 is 1.93 bits per heavy atom. The highest BCUT2D eigenvalue weighted by Gasteiger charge is 1.97. The minimum Gasteiger partial charge on any atom is -0.0928 e. The quantitative estimate of drug-likeness (QED) is 0.301. The van der Waals surface area contributed by atoms with E-state index >= 15 is 0 Å². The second-order valence-electron chi connectivity index (χ2n) is 4.21. The van der Waals surface area contributed by atoms with Gasteiger partial charge in [0, 0.05) is 33.2 Å².